The second kappa shape index (κ2) is 5.40. The SMILES string of the molecule is Cc1nn(C)c(C)c1CN(C)C(=O)c1nn(C)cc1Br. The minimum Gasteiger partial charge on any atom is -0.336 e. The molecule has 1 amide bonds. The molecule has 0 fully saturated rings. The first kappa shape index (κ1) is 14.8. The summed E-state index contributed by atoms with van der Waals surface area (Å²) in [5.74, 6) is -0.111. The van der Waals surface area contributed by atoms with Crippen LogP contribution in [0.2, 0.25) is 0 Å². The molecule has 0 N–H and O–H groups in total. The quantitative estimate of drug-likeness (QED) is 0.856. The molecule has 2 aromatic rings. The molecule has 108 valence electrons. The van der Waals surface area contributed by atoms with Crippen LogP contribution in [0.3, 0.4) is 0 Å². The molecule has 6 nitrogen and oxygen atoms in total. The highest BCUT2D eigenvalue weighted by molar-refractivity contribution is 9.10. The molecule has 0 radical (unpaired) electrons. The van der Waals surface area contributed by atoms with E-state index in [4.69, 9.17) is 0 Å². The third-order valence-corrected chi connectivity index (χ3v) is 3.97. The molecule has 0 unspecified atom stereocenters. The van der Waals surface area contributed by atoms with Crippen LogP contribution in [0.15, 0.2) is 10.7 Å². The van der Waals surface area contributed by atoms with Gasteiger partial charge in [0.1, 0.15) is 0 Å². The lowest BCUT2D eigenvalue weighted by molar-refractivity contribution is 0.0777. The van der Waals surface area contributed by atoms with E-state index in [-0.39, 0.29) is 5.91 Å². The van der Waals surface area contributed by atoms with Crippen LogP contribution < -0.4 is 0 Å². The van der Waals surface area contributed by atoms with Crippen LogP contribution in [-0.4, -0.2) is 37.4 Å². The standard InChI is InChI=1S/C13H18BrN5O/c1-8-10(9(2)19(5)15-8)6-17(3)13(20)12-11(14)7-18(4)16-12/h7H,6H2,1-5H3. The summed E-state index contributed by atoms with van der Waals surface area (Å²) < 4.78 is 4.15. The maximum absolute atomic E-state index is 12.4. The number of hydrogen-bond acceptors (Lipinski definition) is 3. The first-order chi connectivity index (χ1) is 9.31. The first-order valence-corrected chi connectivity index (χ1v) is 7.04. The Hall–Kier alpha value is -1.63. The van der Waals surface area contributed by atoms with Gasteiger partial charge >= 0.3 is 0 Å². The monoisotopic (exact) mass is 339 g/mol. The number of carbonyl (C=O) groups is 1. The molecule has 0 aromatic carbocycles. The number of aromatic nitrogens is 4. The molecule has 0 saturated carbocycles. The van der Waals surface area contributed by atoms with E-state index in [1.807, 2.05) is 25.6 Å². The van der Waals surface area contributed by atoms with Gasteiger partial charge in [0.15, 0.2) is 5.69 Å². The number of aryl methyl sites for hydroxylation is 3. The van der Waals surface area contributed by atoms with Gasteiger partial charge in [-0.1, -0.05) is 0 Å². The van der Waals surface area contributed by atoms with Crippen LogP contribution in [0.25, 0.3) is 0 Å². The van der Waals surface area contributed by atoms with Crippen LogP contribution in [0.1, 0.15) is 27.4 Å². The van der Waals surface area contributed by atoms with Crippen molar-refractivity contribution in [3.05, 3.63) is 33.3 Å². The summed E-state index contributed by atoms with van der Waals surface area (Å²) in [4.78, 5) is 14.1. The molecule has 2 heterocycles. The smallest absolute Gasteiger partial charge is 0.275 e. The van der Waals surface area contributed by atoms with E-state index in [0.29, 0.717) is 16.7 Å². The molecule has 0 spiro atoms. The van der Waals surface area contributed by atoms with Crippen molar-refractivity contribution < 1.29 is 4.79 Å². The van der Waals surface area contributed by atoms with Crippen LogP contribution in [0.4, 0.5) is 0 Å². The fourth-order valence-corrected chi connectivity index (χ4v) is 2.69. The highest BCUT2D eigenvalue weighted by Gasteiger charge is 2.21. The second-order valence-electron chi connectivity index (χ2n) is 4.93. The van der Waals surface area contributed by atoms with Crippen molar-refractivity contribution >= 4 is 21.8 Å². The Morgan fingerprint density at radius 2 is 2.00 bits per heavy atom. The lowest BCUT2D eigenvalue weighted by atomic mass is 10.2. The Labute approximate surface area is 126 Å². The molecule has 0 saturated heterocycles. The third-order valence-electron chi connectivity index (χ3n) is 3.39. The Balaban J connectivity index is 2.22. The number of rotatable bonds is 3. The Morgan fingerprint density at radius 1 is 1.35 bits per heavy atom. The maximum Gasteiger partial charge on any atom is 0.275 e. The summed E-state index contributed by atoms with van der Waals surface area (Å²) in [7, 11) is 5.47. The first-order valence-electron chi connectivity index (χ1n) is 6.25. The Bertz CT molecular complexity index is 658. The van der Waals surface area contributed by atoms with Gasteiger partial charge in [-0.3, -0.25) is 14.2 Å². The van der Waals surface area contributed by atoms with Crippen LogP contribution >= 0.6 is 15.9 Å². The fraction of sp³-hybridized carbons (Fsp3) is 0.462. The normalized spacial score (nSPS) is 10.9. The molecular formula is C13H18BrN5O. The van der Waals surface area contributed by atoms with E-state index in [1.165, 1.54) is 0 Å². The van der Waals surface area contributed by atoms with Gasteiger partial charge in [-0.05, 0) is 29.8 Å². The highest BCUT2D eigenvalue weighted by Crippen LogP contribution is 2.19. The summed E-state index contributed by atoms with van der Waals surface area (Å²) in [5, 5.41) is 8.55. The van der Waals surface area contributed by atoms with Gasteiger partial charge in [0.25, 0.3) is 5.91 Å². The molecule has 2 aromatic heterocycles. The number of halogens is 1. The number of hydrogen-bond donors (Lipinski definition) is 0. The topological polar surface area (TPSA) is 56.0 Å². The molecular weight excluding hydrogens is 322 g/mol. The van der Waals surface area contributed by atoms with Crippen molar-refractivity contribution in [2.24, 2.45) is 14.1 Å². The number of amides is 1. The number of nitrogens with zero attached hydrogens (tertiary/aromatic N) is 5. The largest absolute Gasteiger partial charge is 0.336 e. The Kier molecular flexibility index (Phi) is 3.99. The van der Waals surface area contributed by atoms with E-state index in [0.717, 1.165) is 17.0 Å². The van der Waals surface area contributed by atoms with Crippen LogP contribution in [0.5, 0.6) is 0 Å². The Morgan fingerprint density at radius 3 is 2.45 bits per heavy atom. The molecule has 0 aliphatic heterocycles. The second-order valence-corrected chi connectivity index (χ2v) is 5.79. The van der Waals surface area contributed by atoms with Crippen molar-refractivity contribution in [1.82, 2.24) is 24.5 Å². The van der Waals surface area contributed by atoms with Gasteiger partial charge in [0, 0.05) is 45.1 Å². The van der Waals surface area contributed by atoms with Gasteiger partial charge in [-0.2, -0.15) is 10.2 Å². The molecule has 20 heavy (non-hydrogen) atoms. The maximum atomic E-state index is 12.4. The summed E-state index contributed by atoms with van der Waals surface area (Å²) in [6.45, 7) is 4.48. The van der Waals surface area contributed by atoms with Gasteiger partial charge < -0.3 is 4.90 Å². The summed E-state index contributed by atoms with van der Waals surface area (Å²) in [6.07, 6.45) is 1.77. The summed E-state index contributed by atoms with van der Waals surface area (Å²) >= 11 is 3.36. The lowest BCUT2D eigenvalue weighted by Gasteiger charge is -2.16. The van der Waals surface area contributed by atoms with Crippen molar-refractivity contribution in [2.45, 2.75) is 20.4 Å². The number of carbonyl (C=O) groups excluding carboxylic acids is 1. The van der Waals surface area contributed by atoms with E-state index >= 15 is 0 Å². The zero-order chi connectivity index (χ0) is 15.0. The zero-order valence-electron chi connectivity index (χ0n) is 12.3. The van der Waals surface area contributed by atoms with Crippen molar-refractivity contribution in [2.75, 3.05) is 7.05 Å². The van der Waals surface area contributed by atoms with Crippen molar-refractivity contribution in [1.29, 1.82) is 0 Å². The van der Waals surface area contributed by atoms with Gasteiger partial charge in [0.2, 0.25) is 0 Å². The van der Waals surface area contributed by atoms with E-state index in [1.54, 1.807) is 29.9 Å². The molecule has 2 rings (SSSR count). The van der Waals surface area contributed by atoms with Crippen LogP contribution in [0, 0.1) is 13.8 Å². The van der Waals surface area contributed by atoms with E-state index < -0.39 is 0 Å². The summed E-state index contributed by atoms with van der Waals surface area (Å²) in [5.41, 5.74) is 3.52. The van der Waals surface area contributed by atoms with E-state index in [9.17, 15) is 4.79 Å². The van der Waals surface area contributed by atoms with Crippen molar-refractivity contribution in [3.8, 4) is 0 Å². The minimum atomic E-state index is -0.111. The van der Waals surface area contributed by atoms with E-state index in [2.05, 4.69) is 26.1 Å². The minimum absolute atomic E-state index is 0.111. The van der Waals surface area contributed by atoms with Crippen LogP contribution in [-0.2, 0) is 20.6 Å². The average molecular weight is 340 g/mol. The van der Waals surface area contributed by atoms with Gasteiger partial charge in [-0.25, -0.2) is 0 Å². The van der Waals surface area contributed by atoms with Crippen molar-refractivity contribution in [3.63, 3.8) is 0 Å². The lowest BCUT2D eigenvalue weighted by Crippen LogP contribution is -2.27. The zero-order valence-corrected chi connectivity index (χ0v) is 13.9. The predicted molar refractivity (Wildman–Crippen MR) is 79.4 cm³/mol. The molecule has 0 bridgehead atoms. The van der Waals surface area contributed by atoms with Gasteiger partial charge in [-0.15, -0.1) is 0 Å². The third kappa shape index (κ3) is 2.63. The highest BCUT2D eigenvalue weighted by atomic mass is 79.9. The van der Waals surface area contributed by atoms with Gasteiger partial charge in [0.05, 0.1) is 10.2 Å². The average Bonchev–Trinajstić information content (AvgIpc) is 2.82. The predicted octanol–water partition coefficient (Wildman–Crippen LogP) is 1.81. The molecule has 0 aliphatic rings. The fourth-order valence-electron chi connectivity index (χ4n) is 2.14. The molecule has 0 atom stereocenters. The molecule has 0 aliphatic carbocycles. The molecule has 7 heteroatoms. The summed E-state index contributed by atoms with van der Waals surface area (Å²) in [6, 6.07) is 0.